The molecule has 1 heterocycles. The van der Waals surface area contributed by atoms with Crippen molar-refractivity contribution in [3.8, 4) is 0 Å². The summed E-state index contributed by atoms with van der Waals surface area (Å²) in [6.45, 7) is 10.9. The summed E-state index contributed by atoms with van der Waals surface area (Å²) in [6.07, 6.45) is 11.5. The molecular formula is C30H46N2O2S. The highest BCUT2D eigenvalue weighted by Gasteiger charge is 2.14. The number of nitrogens with one attached hydrogen (secondary N) is 1. The van der Waals surface area contributed by atoms with Crippen LogP contribution < -0.4 is 10.2 Å². The second-order valence-corrected chi connectivity index (χ2v) is 10.6. The van der Waals surface area contributed by atoms with Gasteiger partial charge in [0.1, 0.15) is 0 Å². The lowest BCUT2D eigenvalue weighted by atomic mass is 10.1. The van der Waals surface area contributed by atoms with Crippen molar-refractivity contribution in [2.75, 3.05) is 31.1 Å². The third-order valence-corrected chi connectivity index (χ3v) is 7.61. The maximum absolute atomic E-state index is 10.2. The zero-order valence-electron chi connectivity index (χ0n) is 22.2. The van der Waals surface area contributed by atoms with Crippen LogP contribution in [-0.2, 0) is 4.79 Å². The van der Waals surface area contributed by atoms with Crippen molar-refractivity contribution in [3.63, 3.8) is 0 Å². The van der Waals surface area contributed by atoms with Crippen molar-refractivity contribution in [2.45, 2.75) is 94.8 Å². The summed E-state index contributed by atoms with van der Waals surface area (Å²) in [5.41, 5.74) is 4.05. The topological polar surface area (TPSA) is 52.6 Å². The smallest absolute Gasteiger partial charge is 0.303 e. The Kier molecular flexibility index (Phi) is 14.6. The second-order valence-electron chi connectivity index (χ2n) is 9.55. The molecule has 0 radical (unpaired) electrons. The first-order chi connectivity index (χ1) is 17.0. The molecule has 2 aromatic rings. The molecule has 0 amide bonds. The molecule has 1 fully saturated rings. The maximum Gasteiger partial charge on any atom is 0.303 e. The number of rotatable bonds is 13. The first-order valence-electron chi connectivity index (χ1n) is 13.5. The van der Waals surface area contributed by atoms with Crippen LogP contribution in [0.4, 0.5) is 5.69 Å². The zero-order chi connectivity index (χ0) is 25.3. The number of unbranched alkanes of at least 4 members (excludes halogenated alkanes) is 8. The van der Waals surface area contributed by atoms with Gasteiger partial charge >= 0.3 is 5.97 Å². The minimum atomic E-state index is -0.659. The molecule has 35 heavy (non-hydrogen) atoms. The number of benzene rings is 2. The SMILES string of the molecule is CCCCCCCCCCCC(=O)O.Cc1ccc(Sc2ccccc2N2CCNCC2)c(C)c1. The number of carboxylic acids is 1. The highest BCUT2D eigenvalue weighted by Crippen LogP contribution is 2.37. The molecule has 0 aliphatic carbocycles. The number of aliphatic carboxylic acids is 1. The average Bonchev–Trinajstić information content (AvgIpc) is 2.86. The summed E-state index contributed by atoms with van der Waals surface area (Å²) in [5, 5.41) is 11.8. The van der Waals surface area contributed by atoms with Crippen LogP contribution >= 0.6 is 11.8 Å². The molecule has 1 saturated heterocycles. The van der Waals surface area contributed by atoms with Crippen molar-refractivity contribution in [3.05, 3.63) is 53.6 Å². The number of para-hydroxylation sites is 1. The summed E-state index contributed by atoms with van der Waals surface area (Å²) in [7, 11) is 0. The second kappa shape index (κ2) is 17.4. The van der Waals surface area contributed by atoms with Crippen molar-refractivity contribution in [1.29, 1.82) is 0 Å². The van der Waals surface area contributed by atoms with Gasteiger partial charge in [0.2, 0.25) is 0 Å². The number of aryl methyl sites for hydroxylation is 2. The van der Waals surface area contributed by atoms with E-state index in [0.29, 0.717) is 6.42 Å². The van der Waals surface area contributed by atoms with Crippen LogP contribution in [0.15, 0.2) is 52.3 Å². The van der Waals surface area contributed by atoms with Crippen LogP contribution in [0.2, 0.25) is 0 Å². The van der Waals surface area contributed by atoms with E-state index in [0.717, 1.165) is 39.0 Å². The standard InChI is InChI=1S/C18H22N2S.C12H24O2/c1-14-7-8-17(15(2)13-14)21-18-6-4-3-5-16(18)20-11-9-19-10-12-20;1-2-3-4-5-6-7-8-9-10-11-12(13)14/h3-8,13,19H,9-12H2,1-2H3;2-11H2,1H3,(H,13,14). The number of piperazine rings is 1. The van der Waals surface area contributed by atoms with E-state index in [2.05, 4.69) is 73.5 Å². The summed E-state index contributed by atoms with van der Waals surface area (Å²) < 4.78 is 0. The monoisotopic (exact) mass is 498 g/mol. The minimum Gasteiger partial charge on any atom is -0.481 e. The lowest BCUT2D eigenvalue weighted by molar-refractivity contribution is -0.137. The summed E-state index contributed by atoms with van der Waals surface area (Å²) in [4.78, 5) is 15.4. The van der Waals surface area contributed by atoms with Crippen molar-refractivity contribution < 1.29 is 9.90 Å². The average molecular weight is 499 g/mol. The fourth-order valence-electron chi connectivity index (χ4n) is 4.33. The normalized spacial score (nSPS) is 13.3. The van der Waals surface area contributed by atoms with E-state index in [1.807, 2.05) is 11.8 Å². The van der Waals surface area contributed by atoms with Gasteiger partial charge in [0.05, 0.1) is 5.69 Å². The van der Waals surface area contributed by atoms with E-state index in [4.69, 9.17) is 5.11 Å². The molecule has 1 aliphatic rings. The van der Waals surface area contributed by atoms with Crippen molar-refractivity contribution in [1.82, 2.24) is 5.32 Å². The maximum atomic E-state index is 10.2. The Morgan fingerprint density at radius 3 is 2.14 bits per heavy atom. The summed E-state index contributed by atoms with van der Waals surface area (Å²) in [6, 6.07) is 15.5. The summed E-state index contributed by atoms with van der Waals surface area (Å²) in [5.74, 6) is -0.659. The molecular weight excluding hydrogens is 452 g/mol. The van der Waals surface area contributed by atoms with Gasteiger partial charge in [-0.25, -0.2) is 0 Å². The minimum absolute atomic E-state index is 0.343. The quantitative estimate of drug-likeness (QED) is 0.275. The molecule has 4 nitrogen and oxygen atoms in total. The van der Waals surface area contributed by atoms with Gasteiger partial charge < -0.3 is 15.3 Å². The van der Waals surface area contributed by atoms with Gasteiger partial charge in [-0.15, -0.1) is 0 Å². The van der Waals surface area contributed by atoms with Crippen molar-refractivity contribution in [2.24, 2.45) is 0 Å². The van der Waals surface area contributed by atoms with Gasteiger partial charge in [-0.05, 0) is 44.0 Å². The molecule has 0 spiro atoms. The van der Waals surface area contributed by atoms with E-state index in [1.165, 1.54) is 71.6 Å². The largest absolute Gasteiger partial charge is 0.481 e. The number of hydrogen-bond acceptors (Lipinski definition) is 4. The van der Waals surface area contributed by atoms with Crippen LogP contribution in [0.3, 0.4) is 0 Å². The van der Waals surface area contributed by atoms with E-state index >= 15 is 0 Å². The number of anilines is 1. The number of carboxylic acid groups (broad SMARTS) is 1. The summed E-state index contributed by atoms with van der Waals surface area (Å²) >= 11 is 1.88. The van der Waals surface area contributed by atoms with Crippen LogP contribution in [0.25, 0.3) is 0 Å². The van der Waals surface area contributed by atoms with Gasteiger partial charge in [0.25, 0.3) is 0 Å². The molecule has 2 aromatic carbocycles. The van der Waals surface area contributed by atoms with E-state index in [-0.39, 0.29) is 0 Å². The number of hydrogen-bond donors (Lipinski definition) is 2. The lowest BCUT2D eigenvalue weighted by Gasteiger charge is -2.31. The first-order valence-corrected chi connectivity index (χ1v) is 14.3. The Bertz CT molecular complexity index is 865. The first kappa shape index (κ1) is 29.3. The molecule has 0 aromatic heterocycles. The number of carbonyl (C=O) groups is 1. The molecule has 1 aliphatic heterocycles. The third-order valence-electron chi connectivity index (χ3n) is 6.37. The van der Waals surface area contributed by atoms with E-state index in [1.54, 1.807) is 0 Å². The molecule has 2 N–H and O–H groups in total. The Morgan fingerprint density at radius 2 is 1.51 bits per heavy atom. The zero-order valence-corrected chi connectivity index (χ0v) is 23.0. The van der Waals surface area contributed by atoms with Crippen LogP contribution in [-0.4, -0.2) is 37.3 Å². The third kappa shape index (κ3) is 12.0. The van der Waals surface area contributed by atoms with Gasteiger partial charge in [-0.2, -0.15) is 0 Å². The molecule has 0 atom stereocenters. The van der Waals surface area contributed by atoms with Crippen LogP contribution in [0, 0.1) is 13.8 Å². The predicted molar refractivity (Wildman–Crippen MR) is 151 cm³/mol. The fraction of sp³-hybridized carbons (Fsp3) is 0.567. The fourth-order valence-corrected chi connectivity index (χ4v) is 5.37. The predicted octanol–water partition coefficient (Wildman–Crippen LogP) is 7.86. The Balaban J connectivity index is 0.000000271. The Labute approximate surface area is 217 Å². The van der Waals surface area contributed by atoms with Gasteiger partial charge in [0, 0.05) is 42.4 Å². The Morgan fingerprint density at radius 1 is 0.886 bits per heavy atom. The highest BCUT2D eigenvalue weighted by atomic mass is 32.2. The van der Waals surface area contributed by atoms with Gasteiger partial charge in [0.15, 0.2) is 0 Å². The molecule has 5 heteroatoms. The number of nitrogens with zero attached hydrogens (tertiary/aromatic N) is 1. The molecule has 0 bridgehead atoms. The van der Waals surface area contributed by atoms with E-state index < -0.39 is 5.97 Å². The van der Waals surface area contributed by atoms with Crippen LogP contribution in [0.1, 0.15) is 82.3 Å². The molecule has 0 unspecified atom stereocenters. The van der Waals surface area contributed by atoms with E-state index in [9.17, 15) is 4.79 Å². The lowest BCUT2D eigenvalue weighted by Crippen LogP contribution is -2.43. The molecule has 0 saturated carbocycles. The molecule has 3 rings (SSSR count). The molecule has 194 valence electrons. The van der Waals surface area contributed by atoms with Gasteiger partial charge in [-0.1, -0.05) is 99.9 Å². The van der Waals surface area contributed by atoms with Crippen LogP contribution in [0.5, 0.6) is 0 Å². The highest BCUT2D eigenvalue weighted by molar-refractivity contribution is 7.99. The van der Waals surface area contributed by atoms with Crippen molar-refractivity contribution >= 4 is 23.4 Å². The van der Waals surface area contributed by atoms with Gasteiger partial charge in [-0.3, -0.25) is 4.79 Å². The Hall–Kier alpha value is -1.98.